The van der Waals surface area contributed by atoms with Crippen LogP contribution < -0.4 is 5.32 Å². The molecule has 0 bridgehead atoms. The summed E-state index contributed by atoms with van der Waals surface area (Å²) in [5, 5.41) is 2.65. The van der Waals surface area contributed by atoms with Gasteiger partial charge in [-0.05, 0) is 30.4 Å². The summed E-state index contributed by atoms with van der Waals surface area (Å²) in [5.74, 6) is -0.341. The molecule has 1 N–H and O–H groups in total. The van der Waals surface area contributed by atoms with Gasteiger partial charge in [0.15, 0.2) is 0 Å². The van der Waals surface area contributed by atoms with Gasteiger partial charge in [0.2, 0.25) is 0 Å². The number of benzene rings is 1. The zero-order valence-corrected chi connectivity index (χ0v) is 7.54. The van der Waals surface area contributed by atoms with Crippen LogP contribution in [0.25, 0.3) is 0 Å². The molecule has 0 aromatic heterocycles. The highest BCUT2D eigenvalue weighted by molar-refractivity contribution is 6.51. The number of rotatable bonds is 1. The maximum absolute atomic E-state index is 11.4. The van der Waals surface area contributed by atoms with E-state index in [2.05, 4.69) is 5.32 Å². The number of carbonyl (C=O) groups excluding carboxylic acids is 2. The fraction of sp³-hybridized carbons (Fsp3) is 0.273. The number of para-hydroxylation sites is 1. The van der Waals surface area contributed by atoms with Gasteiger partial charge in [0.25, 0.3) is 11.7 Å². The first-order chi connectivity index (χ1) is 6.77. The monoisotopic (exact) mass is 187 g/mol. The van der Waals surface area contributed by atoms with Gasteiger partial charge in [-0.2, -0.15) is 0 Å². The minimum absolute atomic E-state index is 0.400. The van der Waals surface area contributed by atoms with Gasteiger partial charge in [-0.1, -0.05) is 12.1 Å². The summed E-state index contributed by atoms with van der Waals surface area (Å²) in [6, 6.07) is 5.56. The van der Waals surface area contributed by atoms with Gasteiger partial charge in [0.1, 0.15) is 0 Å². The van der Waals surface area contributed by atoms with Crippen molar-refractivity contribution in [3.8, 4) is 0 Å². The highest BCUT2D eigenvalue weighted by Gasteiger charge is 2.34. The molecule has 1 amide bonds. The molecule has 1 aliphatic heterocycles. The van der Waals surface area contributed by atoms with Crippen LogP contribution in [0.3, 0.4) is 0 Å². The Labute approximate surface area is 81.1 Å². The number of anilines is 1. The van der Waals surface area contributed by atoms with Crippen LogP contribution >= 0.6 is 0 Å². The van der Waals surface area contributed by atoms with Crippen molar-refractivity contribution in [3.05, 3.63) is 29.3 Å². The smallest absolute Gasteiger partial charge is 0.296 e. The van der Waals surface area contributed by atoms with E-state index in [0.717, 1.165) is 11.3 Å². The normalized spacial score (nSPS) is 19.4. The van der Waals surface area contributed by atoms with E-state index in [0.29, 0.717) is 11.5 Å². The number of Topliss-reactive ketones (excluding diaryl/α,β-unsaturated/α-hetero) is 1. The zero-order valence-electron chi connectivity index (χ0n) is 7.54. The number of nitrogens with one attached hydrogen (secondary N) is 1. The van der Waals surface area contributed by atoms with Crippen molar-refractivity contribution in [2.45, 2.75) is 18.8 Å². The van der Waals surface area contributed by atoms with Gasteiger partial charge in [-0.15, -0.1) is 0 Å². The van der Waals surface area contributed by atoms with Gasteiger partial charge < -0.3 is 5.32 Å². The average molecular weight is 187 g/mol. The molecule has 3 nitrogen and oxygen atoms in total. The first kappa shape index (κ1) is 7.74. The second-order valence-corrected chi connectivity index (χ2v) is 3.83. The summed E-state index contributed by atoms with van der Waals surface area (Å²) in [7, 11) is 0. The predicted molar refractivity (Wildman–Crippen MR) is 51.4 cm³/mol. The maximum atomic E-state index is 11.4. The Hall–Kier alpha value is -1.64. The molecule has 1 saturated carbocycles. The molecule has 0 saturated heterocycles. The van der Waals surface area contributed by atoms with Crippen LogP contribution in [0.1, 0.15) is 34.7 Å². The Morgan fingerprint density at radius 3 is 2.71 bits per heavy atom. The Balaban J connectivity index is 2.19. The molecule has 1 aliphatic carbocycles. The van der Waals surface area contributed by atoms with Crippen molar-refractivity contribution in [3.63, 3.8) is 0 Å². The third-order valence-corrected chi connectivity index (χ3v) is 2.80. The Morgan fingerprint density at radius 2 is 2.00 bits per heavy atom. The van der Waals surface area contributed by atoms with Crippen molar-refractivity contribution in [1.82, 2.24) is 0 Å². The third kappa shape index (κ3) is 0.923. The lowest BCUT2D eigenvalue weighted by Gasteiger charge is -2.04. The first-order valence-corrected chi connectivity index (χ1v) is 4.76. The highest BCUT2D eigenvalue weighted by Crippen LogP contribution is 2.45. The van der Waals surface area contributed by atoms with Crippen LogP contribution in [0.15, 0.2) is 18.2 Å². The Morgan fingerprint density at radius 1 is 1.21 bits per heavy atom. The average Bonchev–Trinajstić information content (AvgIpc) is 2.96. The van der Waals surface area contributed by atoms with E-state index in [9.17, 15) is 9.59 Å². The topological polar surface area (TPSA) is 46.2 Å². The lowest BCUT2D eigenvalue weighted by molar-refractivity contribution is -0.112. The summed E-state index contributed by atoms with van der Waals surface area (Å²) in [6.45, 7) is 0. The van der Waals surface area contributed by atoms with Crippen molar-refractivity contribution in [2.75, 3.05) is 5.32 Å². The van der Waals surface area contributed by atoms with Crippen LogP contribution in [-0.2, 0) is 4.79 Å². The molecular weight excluding hydrogens is 178 g/mol. The molecule has 2 aliphatic rings. The molecule has 1 aromatic rings. The Bertz CT molecular complexity index is 447. The second-order valence-electron chi connectivity index (χ2n) is 3.83. The standard InChI is InChI=1S/C11H9NO2/c13-10-8-3-1-2-7(6-4-5-6)9(8)12-11(10)14/h1-3,6H,4-5H2,(H,12,13,14). The number of amides is 1. The predicted octanol–water partition coefficient (Wildman–Crippen LogP) is 1.70. The van der Waals surface area contributed by atoms with Crippen LogP contribution in [0.4, 0.5) is 5.69 Å². The van der Waals surface area contributed by atoms with Crippen molar-refractivity contribution < 1.29 is 9.59 Å². The van der Waals surface area contributed by atoms with Crippen LogP contribution in [0.5, 0.6) is 0 Å². The van der Waals surface area contributed by atoms with Crippen LogP contribution in [0, 0.1) is 0 Å². The van der Waals surface area contributed by atoms with E-state index in [1.165, 1.54) is 12.8 Å². The zero-order chi connectivity index (χ0) is 9.71. The number of fused-ring (bicyclic) bond motifs is 1. The molecule has 1 fully saturated rings. The van der Waals surface area contributed by atoms with E-state index < -0.39 is 11.7 Å². The van der Waals surface area contributed by atoms with E-state index in [1.807, 2.05) is 12.1 Å². The molecule has 3 rings (SSSR count). The third-order valence-electron chi connectivity index (χ3n) is 2.80. The van der Waals surface area contributed by atoms with Crippen molar-refractivity contribution in [1.29, 1.82) is 0 Å². The van der Waals surface area contributed by atoms with Crippen molar-refractivity contribution in [2.24, 2.45) is 0 Å². The summed E-state index contributed by atoms with van der Waals surface area (Å²) in [6.07, 6.45) is 2.33. The largest absolute Gasteiger partial charge is 0.318 e. The lowest BCUT2D eigenvalue weighted by Crippen LogP contribution is -2.12. The van der Waals surface area contributed by atoms with Gasteiger partial charge in [0, 0.05) is 0 Å². The molecular formula is C11H9NO2. The van der Waals surface area contributed by atoms with Gasteiger partial charge in [0.05, 0.1) is 11.3 Å². The SMILES string of the molecule is O=C1Nc2c(cccc2C2CC2)C1=O. The Kier molecular flexibility index (Phi) is 1.35. The lowest BCUT2D eigenvalue weighted by atomic mass is 10.0. The number of carbonyl (C=O) groups is 2. The highest BCUT2D eigenvalue weighted by atomic mass is 16.2. The molecule has 70 valence electrons. The van der Waals surface area contributed by atoms with Gasteiger partial charge >= 0.3 is 0 Å². The molecule has 1 aromatic carbocycles. The molecule has 3 heteroatoms. The minimum atomic E-state index is -0.492. The minimum Gasteiger partial charge on any atom is -0.318 e. The van der Waals surface area contributed by atoms with Crippen molar-refractivity contribution >= 4 is 17.4 Å². The van der Waals surface area contributed by atoms with Crippen LogP contribution in [0.2, 0.25) is 0 Å². The molecule has 0 radical (unpaired) electrons. The molecule has 0 spiro atoms. The summed E-state index contributed by atoms with van der Waals surface area (Å²) in [5.41, 5.74) is 2.42. The maximum Gasteiger partial charge on any atom is 0.296 e. The fourth-order valence-corrected chi connectivity index (χ4v) is 1.93. The number of hydrogen-bond donors (Lipinski definition) is 1. The van der Waals surface area contributed by atoms with Crippen LogP contribution in [-0.4, -0.2) is 11.7 Å². The second kappa shape index (κ2) is 2.44. The summed E-state index contributed by atoms with van der Waals surface area (Å²) < 4.78 is 0. The van der Waals surface area contributed by atoms with E-state index in [-0.39, 0.29) is 0 Å². The molecule has 1 heterocycles. The van der Waals surface area contributed by atoms with E-state index >= 15 is 0 Å². The summed E-state index contributed by atoms with van der Waals surface area (Å²) in [4.78, 5) is 22.5. The van der Waals surface area contributed by atoms with E-state index in [4.69, 9.17) is 0 Å². The number of hydrogen-bond acceptors (Lipinski definition) is 2. The molecule has 0 atom stereocenters. The summed E-state index contributed by atoms with van der Waals surface area (Å²) >= 11 is 0. The quantitative estimate of drug-likeness (QED) is 0.680. The molecule has 0 unspecified atom stereocenters. The fourth-order valence-electron chi connectivity index (χ4n) is 1.93. The van der Waals surface area contributed by atoms with E-state index in [1.54, 1.807) is 6.07 Å². The first-order valence-electron chi connectivity index (χ1n) is 4.76. The van der Waals surface area contributed by atoms with Gasteiger partial charge in [-0.3, -0.25) is 9.59 Å². The van der Waals surface area contributed by atoms with Gasteiger partial charge in [-0.25, -0.2) is 0 Å². The number of ketones is 1. The molecule has 14 heavy (non-hydrogen) atoms.